The first kappa shape index (κ1) is 13.5. The normalized spacial score (nSPS) is 11.9. The van der Waals surface area contributed by atoms with Crippen molar-refractivity contribution >= 4 is 5.82 Å². The van der Waals surface area contributed by atoms with Gasteiger partial charge in [0, 0.05) is 18.8 Å². The molecule has 0 aliphatic carbocycles. The summed E-state index contributed by atoms with van der Waals surface area (Å²) < 4.78 is 0. The third kappa shape index (κ3) is 3.76. The predicted molar refractivity (Wildman–Crippen MR) is 73.0 cm³/mol. The maximum Gasteiger partial charge on any atom is 0.129 e. The molecule has 0 aliphatic heterocycles. The van der Waals surface area contributed by atoms with E-state index in [-0.39, 0.29) is 0 Å². The lowest BCUT2D eigenvalue weighted by atomic mass is 10.1. The minimum atomic E-state index is 0.337. The number of hydrogen-bond acceptors (Lipinski definition) is 3. The van der Waals surface area contributed by atoms with Gasteiger partial charge in [-0.25, -0.2) is 4.98 Å². The number of anilines is 1. The van der Waals surface area contributed by atoms with E-state index in [4.69, 9.17) is 6.42 Å². The summed E-state index contributed by atoms with van der Waals surface area (Å²) in [6, 6.07) is 4.48. The summed E-state index contributed by atoms with van der Waals surface area (Å²) in [5.74, 6) is 3.59. The number of terminal acetylenes is 1. The van der Waals surface area contributed by atoms with Crippen molar-refractivity contribution in [1.82, 2.24) is 10.3 Å². The van der Waals surface area contributed by atoms with Gasteiger partial charge in [-0.15, -0.1) is 6.42 Å². The summed E-state index contributed by atoms with van der Waals surface area (Å²) in [6.07, 6.45) is 7.25. The molecule has 0 fully saturated rings. The fourth-order valence-electron chi connectivity index (χ4n) is 1.73. The molecule has 17 heavy (non-hydrogen) atoms. The SMILES string of the molecule is C#CCN(CC)c1ccc(C(C)NCC)cn1. The minimum Gasteiger partial charge on any atom is -0.346 e. The number of pyridine rings is 1. The number of aromatic nitrogens is 1. The molecular weight excluding hydrogens is 210 g/mol. The van der Waals surface area contributed by atoms with Gasteiger partial charge in [0.2, 0.25) is 0 Å². The Labute approximate surface area is 104 Å². The summed E-state index contributed by atoms with van der Waals surface area (Å²) in [7, 11) is 0. The Bertz CT molecular complexity index is 364. The molecule has 0 amide bonds. The Hall–Kier alpha value is -1.53. The summed E-state index contributed by atoms with van der Waals surface area (Å²) in [5.41, 5.74) is 1.20. The van der Waals surface area contributed by atoms with Gasteiger partial charge < -0.3 is 10.2 Å². The van der Waals surface area contributed by atoms with E-state index in [9.17, 15) is 0 Å². The van der Waals surface area contributed by atoms with Crippen LogP contribution in [0, 0.1) is 12.3 Å². The van der Waals surface area contributed by atoms with Gasteiger partial charge >= 0.3 is 0 Å². The monoisotopic (exact) mass is 231 g/mol. The third-order valence-corrected chi connectivity index (χ3v) is 2.77. The zero-order chi connectivity index (χ0) is 12.7. The Morgan fingerprint density at radius 1 is 1.47 bits per heavy atom. The van der Waals surface area contributed by atoms with E-state index < -0.39 is 0 Å². The molecule has 1 rings (SSSR count). The van der Waals surface area contributed by atoms with Crippen LogP contribution < -0.4 is 10.2 Å². The molecule has 0 aliphatic rings. The van der Waals surface area contributed by atoms with Crippen LogP contribution in [-0.4, -0.2) is 24.6 Å². The van der Waals surface area contributed by atoms with Crippen molar-refractivity contribution < 1.29 is 0 Å². The number of rotatable bonds is 6. The molecule has 92 valence electrons. The van der Waals surface area contributed by atoms with Crippen LogP contribution in [0.15, 0.2) is 18.3 Å². The molecule has 1 aromatic heterocycles. The average Bonchev–Trinajstić information content (AvgIpc) is 2.36. The standard InChI is InChI=1S/C14H21N3/c1-5-10-17(7-3)14-9-8-13(11-16-14)12(4)15-6-2/h1,8-9,11-12,15H,6-7,10H2,2-4H3. The minimum absolute atomic E-state index is 0.337. The van der Waals surface area contributed by atoms with Crippen LogP contribution in [-0.2, 0) is 0 Å². The Morgan fingerprint density at radius 3 is 2.71 bits per heavy atom. The first-order valence-corrected chi connectivity index (χ1v) is 6.10. The lowest BCUT2D eigenvalue weighted by Crippen LogP contribution is -2.24. The van der Waals surface area contributed by atoms with E-state index in [2.05, 4.69) is 48.0 Å². The molecule has 3 heteroatoms. The average molecular weight is 231 g/mol. The maximum absolute atomic E-state index is 5.33. The highest BCUT2D eigenvalue weighted by molar-refractivity contribution is 5.41. The van der Waals surface area contributed by atoms with Gasteiger partial charge in [0.25, 0.3) is 0 Å². The molecule has 0 saturated heterocycles. The molecule has 0 aromatic carbocycles. The first-order chi connectivity index (χ1) is 8.22. The van der Waals surface area contributed by atoms with E-state index in [1.165, 1.54) is 5.56 Å². The van der Waals surface area contributed by atoms with Crippen LogP contribution in [0.1, 0.15) is 32.4 Å². The topological polar surface area (TPSA) is 28.2 Å². The lowest BCUT2D eigenvalue weighted by Gasteiger charge is -2.20. The van der Waals surface area contributed by atoms with E-state index in [0.717, 1.165) is 18.9 Å². The first-order valence-electron chi connectivity index (χ1n) is 6.10. The molecule has 1 N–H and O–H groups in total. The second kappa shape index (κ2) is 6.93. The highest BCUT2D eigenvalue weighted by atomic mass is 15.2. The predicted octanol–water partition coefficient (Wildman–Crippen LogP) is 2.21. The van der Waals surface area contributed by atoms with Crippen molar-refractivity contribution in [2.75, 3.05) is 24.5 Å². The van der Waals surface area contributed by atoms with Gasteiger partial charge in [0.05, 0.1) is 6.54 Å². The fraction of sp³-hybridized carbons (Fsp3) is 0.500. The van der Waals surface area contributed by atoms with E-state index in [1.54, 1.807) is 0 Å². The molecule has 1 unspecified atom stereocenters. The van der Waals surface area contributed by atoms with Crippen LogP contribution in [0.5, 0.6) is 0 Å². The molecule has 1 aromatic rings. The summed E-state index contributed by atoms with van der Waals surface area (Å²) in [5, 5.41) is 3.36. The molecule has 1 atom stereocenters. The smallest absolute Gasteiger partial charge is 0.129 e. The lowest BCUT2D eigenvalue weighted by molar-refractivity contribution is 0.596. The van der Waals surface area contributed by atoms with Gasteiger partial charge in [-0.1, -0.05) is 18.9 Å². The van der Waals surface area contributed by atoms with Gasteiger partial charge in [0.15, 0.2) is 0 Å². The van der Waals surface area contributed by atoms with Crippen molar-refractivity contribution in [1.29, 1.82) is 0 Å². The molecular formula is C14H21N3. The molecule has 0 spiro atoms. The molecule has 0 saturated carbocycles. The van der Waals surface area contributed by atoms with E-state index in [1.807, 2.05) is 12.3 Å². The van der Waals surface area contributed by atoms with Crippen molar-refractivity contribution in [2.45, 2.75) is 26.8 Å². The molecule has 3 nitrogen and oxygen atoms in total. The van der Waals surface area contributed by atoms with E-state index in [0.29, 0.717) is 12.6 Å². The highest BCUT2D eigenvalue weighted by Crippen LogP contribution is 2.15. The Balaban J connectivity index is 2.76. The van der Waals surface area contributed by atoms with Crippen LogP contribution in [0.25, 0.3) is 0 Å². The van der Waals surface area contributed by atoms with Crippen LogP contribution in [0.3, 0.4) is 0 Å². The quantitative estimate of drug-likeness (QED) is 0.761. The molecule has 0 bridgehead atoms. The van der Waals surface area contributed by atoms with Crippen molar-refractivity contribution in [3.05, 3.63) is 23.9 Å². The number of nitrogens with one attached hydrogen (secondary N) is 1. The highest BCUT2D eigenvalue weighted by Gasteiger charge is 2.07. The van der Waals surface area contributed by atoms with Gasteiger partial charge in [-0.05, 0) is 32.0 Å². The summed E-state index contributed by atoms with van der Waals surface area (Å²) in [4.78, 5) is 6.53. The van der Waals surface area contributed by atoms with Gasteiger partial charge in [-0.2, -0.15) is 0 Å². The van der Waals surface area contributed by atoms with Gasteiger partial charge in [-0.3, -0.25) is 0 Å². The van der Waals surface area contributed by atoms with Crippen LogP contribution >= 0.6 is 0 Å². The third-order valence-electron chi connectivity index (χ3n) is 2.77. The van der Waals surface area contributed by atoms with Crippen molar-refractivity contribution in [3.63, 3.8) is 0 Å². The van der Waals surface area contributed by atoms with Crippen molar-refractivity contribution in [2.24, 2.45) is 0 Å². The summed E-state index contributed by atoms with van der Waals surface area (Å²) >= 11 is 0. The fourth-order valence-corrected chi connectivity index (χ4v) is 1.73. The van der Waals surface area contributed by atoms with Crippen molar-refractivity contribution in [3.8, 4) is 12.3 Å². The van der Waals surface area contributed by atoms with E-state index >= 15 is 0 Å². The molecule has 1 heterocycles. The second-order valence-electron chi connectivity index (χ2n) is 3.95. The van der Waals surface area contributed by atoms with Crippen LogP contribution in [0.2, 0.25) is 0 Å². The Morgan fingerprint density at radius 2 is 2.24 bits per heavy atom. The number of hydrogen-bond donors (Lipinski definition) is 1. The van der Waals surface area contributed by atoms with Gasteiger partial charge in [0.1, 0.15) is 5.82 Å². The summed E-state index contributed by atoms with van der Waals surface area (Å²) in [6.45, 7) is 8.75. The van der Waals surface area contributed by atoms with Crippen LogP contribution in [0.4, 0.5) is 5.82 Å². The zero-order valence-corrected chi connectivity index (χ0v) is 10.9. The largest absolute Gasteiger partial charge is 0.346 e. The maximum atomic E-state index is 5.33. The Kier molecular flexibility index (Phi) is 5.51. The molecule has 0 radical (unpaired) electrons. The zero-order valence-electron chi connectivity index (χ0n) is 10.9. The second-order valence-corrected chi connectivity index (χ2v) is 3.95. The number of nitrogens with zero attached hydrogens (tertiary/aromatic N) is 2.